The summed E-state index contributed by atoms with van der Waals surface area (Å²) < 4.78 is 55.4. The minimum absolute atomic E-state index is 0.0392. The fourth-order valence-corrected chi connectivity index (χ4v) is 4.27. The summed E-state index contributed by atoms with van der Waals surface area (Å²) in [7, 11) is 0.127. The molecule has 3 aromatic heterocycles. The summed E-state index contributed by atoms with van der Waals surface area (Å²) >= 11 is 0. The number of aryl methyl sites for hydroxylation is 1. The van der Waals surface area contributed by atoms with Crippen LogP contribution in [-0.2, 0) is 24.0 Å². The van der Waals surface area contributed by atoms with Gasteiger partial charge in [0.1, 0.15) is 22.7 Å². The second-order valence-corrected chi connectivity index (χ2v) is 8.59. The Morgan fingerprint density at radius 1 is 1.28 bits per heavy atom. The van der Waals surface area contributed by atoms with E-state index in [1.54, 1.807) is 13.0 Å². The first-order chi connectivity index (χ1) is 13.6. The number of nitrogens with two attached hydrogens (primary N) is 1. The zero-order valence-electron chi connectivity index (χ0n) is 15.7. The molecule has 0 aliphatic heterocycles. The molecular weight excluding hydrogens is 407 g/mol. The van der Waals surface area contributed by atoms with E-state index < -0.39 is 34.3 Å². The van der Waals surface area contributed by atoms with Crippen molar-refractivity contribution < 1.29 is 17.4 Å². The van der Waals surface area contributed by atoms with Crippen LogP contribution in [0.15, 0.2) is 27.9 Å². The van der Waals surface area contributed by atoms with Crippen molar-refractivity contribution in [1.29, 1.82) is 0 Å². The maximum Gasteiger partial charge on any atom is 0.431 e. The van der Waals surface area contributed by atoms with E-state index in [-0.39, 0.29) is 28.4 Å². The largest absolute Gasteiger partial charge is 0.431 e. The fraction of sp³-hybridized carbons (Fsp3) is 0.389. The number of nitrogens with zero attached hydrogens (tertiary/aromatic N) is 4. The van der Waals surface area contributed by atoms with Crippen LogP contribution >= 0.6 is 0 Å². The zero-order chi connectivity index (χ0) is 21.1. The summed E-state index contributed by atoms with van der Waals surface area (Å²) in [4.78, 5) is 21.8. The number of pyridine rings is 2. The first-order valence-electron chi connectivity index (χ1n) is 8.98. The number of nitrogen functional groups attached to an aromatic ring is 1. The van der Waals surface area contributed by atoms with Gasteiger partial charge in [-0.05, 0) is 31.0 Å². The average Bonchev–Trinajstić information content (AvgIpc) is 3.43. The fourth-order valence-electron chi connectivity index (χ4n) is 3.38. The van der Waals surface area contributed by atoms with Gasteiger partial charge >= 0.3 is 6.18 Å². The van der Waals surface area contributed by atoms with Crippen molar-refractivity contribution in [3.8, 4) is 11.5 Å². The highest BCUT2D eigenvalue weighted by Gasteiger charge is 2.40. The van der Waals surface area contributed by atoms with Crippen molar-refractivity contribution in [3.63, 3.8) is 0 Å². The van der Waals surface area contributed by atoms with E-state index in [0.717, 1.165) is 10.6 Å². The standard InChI is InChI=1S/C18H18F3N5O2S/c1-3-29(28)11-6-7-13(22)24-14(11)16-23-10-8-12(18(19,20)21)26(9-4-5-9)17(27)15(10)25(16)2/h6-9H,3-5H2,1-2H3,(H2,22,24). The summed E-state index contributed by atoms with van der Waals surface area (Å²) in [5.41, 5.74) is 4.15. The SMILES string of the molecule is CCS(=O)c1ccc(N)nc1-c1nc2cc(C(F)(F)F)n(C3CC3)c(=O)c2n1C. The number of anilines is 1. The van der Waals surface area contributed by atoms with E-state index in [0.29, 0.717) is 23.5 Å². The predicted molar refractivity (Wildman–Crippen MR) is 103 cm³/mol. The number of aromatic nitrogens is 4. The molecule has 1 aliphatic rings. The van der Waals surface area contributed by atoms with Crippen molar-refractivity contribution in [2.45, 2.75) is 36.9 Å². The number of hydrogen-bond donors (Lipinski definition) is 1. The van der Waals surface area contributed by atoms with Gasteiger partial charge in [0.15, 0.2) is 5.82 Å². The molecule has 0 spiro atoms. The van der Waals surface area contributed by atoms with E-state index in [1.807, 2.05) is 0 Å². The van der Waals surface area contributed by atoms with Crippen molar-refractivity contribution in [2.75, 3.05) is 11.5 Å². The molecule has 1 atom stereocenters. The molecule has 0 aromatic carbocycles. The summed E-state index contributed by atoms with van der Waals surface area (Å²) in [6.07, 6.45) is -3.64. The van der Waals surface area contributed by atoms with Crippen LogP contribution in [0.1, 0.15) is 31.5 Å². The van der Waals surface area contributed by atoms with Crippen LogP contribution in [0.25, 0.3) is 22.6 Å². The smallest absolute Gasteiger partial charge is 0.384 e. The molecule has 2 N–H and O–H groups in total. The molecule has 0 radical (unpaired) electrons. The number of halogens is 3. The van der Waals surface area contributed by atoms with Gasteiger partial charge in [0.2, 0.25) is 0 Å². The highest BCUT2D eigenvalue weighted by molar-refractivity contribution is 7.85. The molecule has 3 heterocycles. The van der Waals surface area contributed by atoms with Gasteiger partial charge in [-0.2, -0.15) is 13.2 Å². The quantitative estimate of drug-likeness (QED) is 0.694. The molecule has 1 saturated carbocycles. The van der Waals surface area contributed by atoms with E-state index >= 15 is 0 Å². The van der Waals surface area contributed by atoms with Crippen LogP contribution < -0.4 is 11.3 Å². The van der Waals surface area contributed by atoms with E-state index in [1.165, 1.54) is 17.7 Å². The van der Waals surface area contributed by atoms with Crippen molar-refractivity contribution >= 4 is 27.7 Å². The summed E-state index contributed by atoms with van der Waals surface area (Å²) in [5.74, 6) is 0.605. The maximum atomic E-state index is 13.6. The first kappa shape index (κ1) is 19.6. The van der Waals surface area contributed by atoms with Gasteiger partial charge in [-0.15, -0.1) is 0 Å². The molecule has 0 amide bonds. The van der Waals surface area contributed by atoms with Gasteiger partial charge in [-0.25, -0.2) is 9.97 Å². The lowest BCUT2D eigenvalue weighted by molar-refractivity contribution is -0.144. The maximum absolute atomic E-state index is 13.6. The lowest BCUT2D eigenvalue weighted by Gasteiger charge is -2.15. The number of alkyl halides is 3. The summed E-state index contributed by atoms with van der Waals surface area (Å²) in [6.45, 7) is 1.73. The van der Waals surface area contributed by atoms with Gasteiger partial charge < -0.3 is 10.3 Å². The van der Waals surface area contributed by atoms with Crippen LogP contribution in [0.5, 0.6) is 0 Å². The molecule has 3 aromatic rings. The highest BCUT2D eigenvalue weighted by Crippen LogP contribution is 2.40. The highest BCUT2D eigenvalue weighted by atomic mass is 32.2. The van der Waals surface area contributed by atoms with Gasteiger partial charge in [0.25, 0.3) is 5.56 Å². The van der Waals surface area contributed by atoms with Gasteiger partial charge in [0.05, 0.1) is 21.2 Å². The van der Waals surface area contributed by atoms with E-state index in [4.69, 9.17) is 5.73 Å². The van der Waals surface area contributed by atoms with E-state index in [2.05, 4.69) is 9.97 Å². The molecule has 29 heavy (non-hydrogen) atoms. The third-order valence-corrected chi connectivity index (χ3v) is 6.22. The lowest BCUT2D eigenvalue weighted by Crippen LogP contribution is -2.28. The van der Waals surface area contributed by atoms with Crippen LogP contribution in [0.3, 0.4) is 0 Å². The van der Waals surface area contributed by atoms with Crippen molar-refractivity contribution in [2.24, 2.45) is 7.05 Å². The predicted octanol–water partition coefficient (Wildman–Crippen LogP) is 2.86. The third-order valence-electron chi connectivity index (χ3n) is 4.88. The average molecular weight is 425 g/mol. The second kappa shape index (κ2) is 6.68. The van der Waals surface area contributed by atoms with Crippen molar-refractivity contribution in [1.82, 2.24) is 19.1 Å². The Morgan fingerprint density at radius 2 is 1.97 bits per heavy atom. The molecule has 1 aliphatic carbocycles. The molecule has 0 bridgehead atoms. The normalized spacial score (nSPS) is 15.8. The van der Waals surface area contributed by atoms with E-state index in [9.17, 15) is 22.2 Å². The molecule has 11 heteroatoms. The van der Waals surface area contributed by atoms with Gasteiger partial charge in [-0.1, -0.05) is 6.92 Å². The molecule has 1 fully saturated rings. The molecule has 0 saturated heterocycles. The second-order valence-electron chi connectivity index (χ2n) is 6.88. The Balaban J connectivity index is 2.04. The van der Waals surface area contributed by atoms with Crippen LogP contribution in [0.2, 0.25) is 0 Å². The van der Waals surface area contributed by atoms with Crippen LogP contribution in [0.4, 0.5) is 19.0 Å². The number of imidazole rings is 1. The Bertz CT molecular complexity index is 1210. The zero-order valence-corrected chi connectivity index (χ0v) is 16.5. The molecule has 1 unspecified atom stereocenters. The topological polar surface area (TPSA) is 95.8 Å². The third kappa shape index (κ3) is 3.22. The molecular formula is C18H18F3N5O2S. The summed E-state index contributed by atoms with van der Waals surface area (Å²) in [6, 6.07) is 3.48. The molecule has 7 nitrogen and oxygen atoms in total. The van der Waals surface area contributed by atoms with Crippen LogP contribution in [-0.4, -0.2) is 29.1 Å². The van der Waals surface area contributed by atoms with Crippen LogP contribution in [0, 0.1) is 0 Å². The Labute approximate surface area is 165 Å². The monoisotopic (exact) mass is 425 g/mol. The Morgan fingerprint density at radius 3 is 2.55 bits per heavy atom. The Kier molecular flexibility index (Phi) is 4.52. The van der Waals surface area contributed by atoms with Crippen molar-refractivity contribution in [3.05, 3.63) is 34.2 Å². The summed E-state index contributed by atoms with van der Waals surface area (Å²) in [5, 5.41) is 0. The first-order valence-corrected chi connectivity index (χ1v) is 10.3. The minimum atomic E-state index is -4.68. The number of rotatable bonds is 4. The lowest BCUT2D eigenvalue weighted by atomic mass is 10.2. The molecule has 154 valence electrons. The molecule has 4 rings (SSSR count). The minimum Gasteiger partial charge on any atom is -0.384 e. The van der Waals surface area contributed by atoms with Gasteiger partial charge in [0, 0.05) is 18.8 Å². The van der Waals surface area contributed by atoms with Gasteiger partial charge in [-0.3, -0.25) is 13.6 Å². The Hall–Kier alpha value is -2.69. The number of hydrogen-bond acceptors (Lipinski definition) is 5. The number of fused-ring (bicyclic) bond motifs is 1.